The number of hydrogen-bond donors (Lipinski definition) is 0. The van der Waals surface area contributed by atoms with Crippen molar-refractivity contribution >= 4 is 34.5 Å². The number of ether oxygens (including phenoxy) is 2. The second-order valence-electron chi connectivity index (χ2n) is 4.58. The summed E-state index contributed by atoms with van der Waals surface area (Å²) in [6.45, 7) is 0. The molecule has 1 aromatic carbocycles. The molecular weight excluding hydrogens is 324 g/mol. The second-order valence-corrected chi connectivity index (χ2v) is 5.01. The first-order chi connectivity index (χ1) is 10.9. The summed E-state index contributed by atoms with van der Waals surface area (Å²) in [7, 11) is 2.37. The Bertz CT molecular complexity index is 849. The van der Waals surface area contributed by atoms with Crippen LogP contribution in [-0.2, 0) is 25.5 Å². The third-order valence-electron chi connectivity index (χ3n) is 3.05. The molecule has 7 heteroatoms. The smallest absolute Gasteiger partial charge is 0.334 e. The zero-order valence-electron chi connectivity index (χ0n) is 12.4. The van der Waals surface area contributed by atoms with Crippen LogP contribution < -0.4 is 5.43 Å². The number of fused-ring (bicyclic) bond motifs is 1. The first kappa shape index (κ1) is 16.8. The average molecular weight is 337 g/mol. The minimum atomic E-state index is -0.714. The van der Waals surface area contributed by atoms with E-state index in [0.717, 1.165) is 6.08 Å². The number of carbonyl (C=O) groups excluding carboxylic acids is 2. The molecule has 0 bridgehead atoms. The monoisotopic (exact) mass is 336 g/mol. The van der Waals surface area contributed by atoms with Gasteiger partial charge in [-0.25, -0.2) is 9.59 Å². The Morgan fingerprint density at radius 3 is 2.61 bits per heavy atom. The molecule has 6 nitrogen and oxygen atoms in total. The Balaban J connectivity index is 2.44. The third-order valence-corrected chi connectivity index (χ3v) is 3.28. The number of methoxy groups -OCH3 is 2. The van der Waals surface area contributed by atoms with E-state index >= 15 is 0 Å². The van der Waals surface area contributed by atoms with Crippen molar-refractivity contribution in [1.29, 1.82) is 0 Å². The van der Waals surface area contributed by atoms with E-state index in [0.29, 0.717) is 16.0 Å². The van der Waals surface area contributed by atoms with Crippen LogP contribution in [0.25, 0.3) is 11.0 Å². The molecule has 0 amide bonds. The van der Waals surface area contributed by atoms with E-state index in [-0.39, 0.29) is 23.2 Å². The van der Waals surface area contributed by atoms with Gasteiger partial charge in [0, 0.05) is 23.6 Å². The van der Waals surface area contributed by atoms with E-state index in [1.165, 1.54) is 26.4 Å². The van der Waals surface area contributed by atoms with Gasteiger partial charge in [0.15, 0.2) is 5.43 Å². The summed E-state index contributed by atoms with van der Waals surface area (Å²) >= 11 is 5.85. The lowest BCUT2D eigenvalue weighted by molar-refractivity contribution is -0.138. The van der Waals surface area contributed by atoms with Crippen LogP contribution in [0.2, 0.25) is 5.02 Å². The van der Waals surface area contributed by atoms with Crippen molar-refractivity contribution in [2.24, 2.45) is 0 Å². The summed E-state index contributed by atoms with van der Waals surface area (Å²) < 4.78 is 14.7. The molecule has 0 saturated carbocycles. The maximum Gasteiger partial charge on any atom is 0.334 e. The van der Waals surface area contributed by atoms with E-state index in [1.807, 2.05) is 0 Å². The fraction of sp³-hybridized carbons (Fsp3) is 0.188. The first-order valence-electron chi connectivity index (χ1n) is 6.53. The van der Waals surface area contributed by atoms with Crippen LogP contribution in [0.3, 0.4) is 0 Å². The molecule has 0 aliphatic heterocycles. The predicted octanol–water partition coefficient (Wildman–Crippen LogP) is 2.26. The van der Waals surface area contributed by atoms with Gasteiger partial charge in [0.05, 0.1) is 25.2 Å². The highest BCUT2D eigenvalue weighted by Crippen LogP contribution is 2.19. The molecule has 23 heavy (non-hydrogen) atoms. The lowest BCUT2D eigenvalue weighted by Gasteiger charge is -2.06. The number of halogens is 1. The number of esters is 2. The Morgan fingerprint density at radius 1 is 1.22 bits per heavy atom. The van der Waals surface area contributed by atoms with Crippen molar-refractivity contribution in [2.45, 2.75) is 6.42 Å². The molecule has 2 rings (SSSR count). The standard InChI is InChI=1S/C16H13ClO6/c1-21-15(19)6-9(16(20)22-2)5-11-8-13(18)12-7-10(17)3-4-14(12)23-11/h3-4,6-8H,5H2,1-2H3/b9-6+. The van der Waals surface area contributed by atoms with Gasteiger partial charge in [-0.3, -0.25) is 4.79 Å². The highest BCUT2D eigenvalue weighted by Gasteiger charge is 2.16. The quantitative estimate of drug-likeness (QED) is 0.629. The van der Waals surface area contributed by atoms with Crippen molar-refractivity contribution in [3.8, 4) is 0 Å². The van der Waals surface area contributed by atoms with Crippen molar-refractivity contribution in [3.63, 3.8) is 0 Å². The molecule has 0 unspecified atom stereocenters. The molecular formula is C16H13ClO6. The fourth-order valence-corrected chi connectivity index (χ4v) is 2.14. The van der Waals surface area contributed by atoms with Crippen LogP contribution in [0.1, 0.15) is 5.76 Å². The van der Waals surface area contributed by atoms with Crippen LogP contribution >= 0.6 is 11.6 Å². The van der Waals surface area contributed by atoms with Gasteiger partial charge in [-0.1, -0.05) is 11.6 Å². The van der Waals surface area contributed by atoms with E-state index in [4.69, 9.17) is 16.0 Å². The number of benzene rings is 1. The SMILES string of the molecule is COC(=O)/C=C(\Cc1cc(=O)c2cc(Cl)ccc2o1)C(=O)OC. The summed E-state index contributed by atoms with van der Waals surface area (Å²) in [5, 5.41) is 0.746. The molecule has 1 heterocycles. The minimum Gasteiger partial charge on any atom is -0.466 e. The Labute approximate surface area is 136 Å². The van der Waals surface area contributed by atoms with Crippen molar-refractivity contribution in [2.75, 3.05) is 14.2 Å². The molecule has 0 aliphatic rings. The Morgan fingerprint density at radius 2 is 1.96 bits per heavy atom. The molecule has 0 aliphatic carbocycles. The first-order valence-corrected chi connectivity index (χ1v) is 6.91. The maximum atomic E-state index is 12.1. The van der Waals surface area contributed by atoms with Gasteiger partial charge in [-0.05, 0) is 18.2 Å². The summed E-state index contributed by atoms with van der Waals surface area (Å²) in [4.78, 5) is 35.2. The topological polar surface area (TPSA) is 82.8 Å². The van der Waals surface area contributed by atoms with Crippen LogP contribution in [0.5, 0.6) is 0 Å². The number of rotatable bonds is 4. The average Bonchev–Trinajstić information content (AvgIpc) is 2.54. The van der Waals surface area contributed by atoms with Crippen LogP contribution in [0.4, 0.5) is 0 Å². The number of carbonyl (C=O) groups is 2. The summed E-state index contributed by atoms with van der Waals surface area (Å²) in [6, 6.07) is 5.89. The molecule has 0 N–H and O–H groups in total. The van der Waals surface area contributed by atoms with E-state index in [2.05, 4.69) is 9.47 Å². The largest absolute Gasteiger partial charge is 0.466 e. The van der Waals surface area contributed by atoms with E-state index in [1.54, 1.807) is 12.1 Å². The number of hydrogen-bond acceptors (Lipinski definition) is 6. The van der Waals surface area contributed by atoms with Crippen LogP contribution in [0, 0.1) is 0 Å². The molecule has 0 atom stereocenters. The molecule has 0 radical (unpaired) electrons. The van der Waals surface area contributed by atoms with Gasteiger partial charge in [-0.15, -0.1) is 0 Å². The molecule has 0 saturated heterocycles. The highest BCUT2D eigenvalue weighted by molar-refractivity contribution is 6.31. The van der Waals surface area contributed by atoms with E-state index < -0.39 is 11.9 Å². The maximum absolute atomic E-state index is 12.1. The van der Waals surface area contributed by atoms with Crippen molar-refractivity contribution < 1.29 is 23.5 Å². The fourth-order valence-electron chi connectivity index (χ4n) is 1.97. The molecule has 0 spiro atoms. The summed E-state index contributed by atoms with van der Waals surface area (Å²) in [5.41, 5.74) is 0.0426. The lowest BCUT2D eigenvalue weighted by Crippen LogP contribution is -2.12. The van der Waals surface area contributed by atoms with Crippen LogP contribution in [0.15, 0.2) is 45.1 Å². The molecule has 2 aromatic rings. The van der Waals surface area contributed by atoms with Gasteiger partial charge in [-0.2, -0.15) is 0 Å². The van der Waals surface area contributed by atoms with Crippen LogP contribution in [-0.4, -0.2) is 26.2 Å². The molecule has 1 aromatic heterocycles. The zero-order chi connectivity index (χ0) is 17.0. The van der Waals surface area contributed by atoms with E-state index in [9.17, 15) is 14.4 Å². The molecule has 120 valence electrons. The lowest BCUT2D eigenvalue weighted by atomic mass is 10.1. The minimum absolute atomic E-state index is 0.0100. The van der Waals surface area contributed by atoms with Gasteiger partial charge in [0.2, 0.25) is 0 Å². The van der Waals surface area contributed by atoms with Crippen molar-refractivity contribution in [1.82, 2.24) is 0 Å². The molecule has 0 fully saturated rings. The van der Waals surface area contributed by atoms with Gasteiger partial charge in [0.25, 0.3) is 0 Å². The zero-order valence-corrected chi connectivity index (χ0v) is 13.2. The summed E-state index contributed by atoms with van der Waals surface area (Å²) in [5.74, 6) is -1.21. The second kappa shape index (κ2) is 7.11. The van der Waals surface area contributed by atoms with Gasteiger partial charge >= 0.3 is 11.9 Å². The Kier molecular flexibility index (Phi) is 5.18. The normalized spacial score (nSPS) is 11.3. The predicted molar refractivity (Wildman–Crippen MR) is 83.3 cm³/mol. The third kappa shape index (κ3) is 3.98. The van der Waals surface area contributed by atoms with Crippen molar-refractivity contribution in [3.05, 3.63) is 56.9 Å². The Hall–Kier alpha value is -2.60. The summed E-state index contributed by atoms with van der Waals surface area (Å²) in [6.07, 6.45) is 0.910. The van der Waals surface area contributed by atoms with Gasteiger partial charge in [0.1, 0.15) is 11.3 Å². The highest BCUT2D eigenvalue weighted by atomic mass is 35.5. The van der Waals surface area contributed by atoms with Gasteiger partial charge < -0.3 is 13.9 Å².